The second kappa shape index (κ2) is 5.42. The molecule has 0 bridgehead atoms. The van der Waals surface area contributed by atoms with Crippen LogP contribution < -0.4 is 5.32 Å². The molecule has 2 aromatic heterocycles. The Kier molecular flexibility index (Phi) is 3.91. The molecule has 0 atom stereocenters. The molecule has 4 nitrogen and oxygen atoms in total. The molecule has 90 valence electrons. The molecule has 17 heavy (non-hydrogen) atoms. The summed E-state index contributed by atoms with van der Waals surface area (Å²) < 4.78 is 3.07. The van der Waals surface area contributed by atoms with E-state index in [4.69, 9.17) is 0 Å². The first-order valence-electron chi connectivity index (χ1n) is 5.50. The van der Waals surface area contributed by atoms with Gasteiger partial charge in [-0.25, -0.2) is 4.98 Å². The normalized spacial score (nSPS) is 10.8. The van der Waals surface area contributed by atoms with Crippen molar-refractivity contribution in [2.45, 2.75) is 6.42 Å². The predicted molar refractivity (Wildman–Crippen MR) is 71.8 cm³/mol. The van der Waals surface area contributed by atoms with E-state index in [2.05, 4.69) is 35.8 Å². The highest BCUT2D eigenvalue weighted by molar-refractivity contribution is 9.10. The maximum absolute atomic E-state index is 4.65. The Hall–Kier alpha value is -1.20. The van der Waals surface area contributed by atoms with Crippen LogP contribution >= 0.6 is 15.9 Å². The molecule has 2 rings (SSSR count). The van der Waals surface area contributed by atoms with E-state index in [-0.39, 0.29) is 0 Å². The third kappa shape index (κ3) is 2.56. The Labute approximate surface area is 109 Å². The van der Waals surface area contributed by atoms with Crippen molar-refractivity contribution in [3.63, 3.8) is 0 Å². The Balaban J connectivity index is 2.36. The fourth-order valence-electron chi connectivity index (χ4n) is 1.67. The van der Waals surface area contributed by atoms with Crippen molar-refractivity contribution in [2.24, 2.45) is 7.05 Å². The van der Waals surface area contributed by atoms with Crippen LogP contribution in [0.4, 0.5) is 0 Å². The summed E-state index contributed by atoms with van der Waals surface area (Å²) in [6, 6.07) is 3.94. The van der Waals surface area contributed by atoms with Gasteiger partial charge in [-0.1, -0.05) is 0 Å². The fourth-order valence-corrected chi connectivity index (χ4v) is 2.19. The van der Waals surface area contributed by atoms with E-state index in [1.54, 1.807) is 6.20 Å². The number of imidazole rings is 1. The summed E-state index contributed by atoms with van der Waals surface area (Å²) in [5, 5.41) is 3.13. The molecule has 0 aromatic carbocycles. The van der Waals surface area contributed by atoms with Gasteiger partial charge in [0.25, 0.3) is 0 Å². The number of nitrogens with one attached hydrogen (secondary N) is 1. The number of likely N-dealkylation sites (N-methyl/N-ethyl adjacent to an activating group) is 1. The third-order valence-corrected chi connectivity index (χ3v) is 3.56. The Morgan fingerprint density at radius 2 is 2.29 bits per heavy atom. The van der Waals surface area contributed by atoms with Crippen molar-refractivity contribution < 1.29 is 0 Å². The van der Waals surface area contributed by atoms with E-state index in [9.17, 15) is 0 Å². The van der Waals surface area contributed by atoms with Crippen LogP contribution in [0.3, 0.4) is 0 Å². The van der Waals surface area contributed by atoms with Gasteiger partial charge >= 0.3 is 0 Å². The number of hydrogen-bond donors (Lipinski definition) is 1. The Bertz CT molecular complexity index is 493. The summed E-state index contributed by atoms with van der Waals surface area (Å²) in [5.41, 5.74) is 1.98. The van der Waals surface area contributed by atoms with E-state index in [0.29, 0.717) is 0 Å². The molecule has 0 radical (unpaired) electrons. The van der Waals surface area contributed by atoms with E-state index in [0.717, 1.165) is 34.7 Å². The fraction of sp³-hybridized carbons (Fsp3) is 0.333. The molecule has 1 N–H and O–H groups in total. The van der Waals surface area contributed by atoms with Gasteiger partial charge in [0.2, 0.25) is 0 Å². The van der Waals surface area contributed by atoms with Gasteiger partial charge in [-0.2, -0.15) is 0 Å². The molecule has 0 saturated carbocycles. The van der Waals surface area contributed by atoms with Crippen LogP contribution in [-0.2, 0) is 13.5 Å². The Morgan fingerprint density at radius 3 is 2.94 bits per heavy atom. The first-order valence-corrected chi connectivity index (χ1v) is 6.29. The molecule has 0 saturated heterocycles. The van der Waals surface area contributed by atoms with E-state index in [1.807, 2.05) is 32.4 Å². The zero-order valence-corrected chi connectivity index (χ0v) is 11.5. The minimum atomic E-state index is 0.909. The first kappa shape index (κ1) is 12.3. The largest absolute Gasteiger partial charge is 0.325 e. The number of aromatic nitrogens is 3. The number of hydrogen-bond acceptors (Lipinski definition) is 3. The van der Waals surface area contributed by atoms with Gasteiger partial charge < -0.3 is 9.88 Å². The highest BCUT2D eigenvalue weighted by Crippen LogP contribution is 2.27. The quantitative estimate of drug-likeness (QED) is 0.938. The lowest BCUT2D eigenvalue weighted by atomic mass is 10.2. The summed E-state index contributed by atoms with van der Waals surface area (Å²) in [4.78, 5) is 8.77. The average Bonchev–Trinajstić information content (AvgIpc) is 2.65. The monoisotopic (exact) mass is 294 g/mol. The summed E-state index contributed by atoms with van der Waals surface area (Å²) in [5.74, 6) is 1.06. The lowest BCUT2D eigenvalue weighted by molar-refractivity contribution is 0.713. The molecule has 2 heterocycles. The van der Waals surface area contributed by atoms with Crippen LogP contribution in [0.5, 0.6) is 0 Å². The van der Waals surface area contributed by atoms with Gasteiger partial charge in [0.1, 0.15) is 16.1 Å². The minimum absolute atomic E-state index is 0.909. The van der Waals surface area contributed by atoms with Crippen LogP contribution in [0, 0.1) is 0 Å². The number of pyridine rings is 1. The molecule has 0 fully saturated rings. The molecule has 0 spiro atoms. The van der Waals surface area contributed by atoms with Gasteiger partial charge in [-0.15, -0.1) is 0 Å². The van der Waals surface area contributed by atoms with E-state index in [1.165, 1.54) is 0 Å². The van der Waals surface area contributed by atoms with Gasteiger partial charge in [0.15, 0.2) is 0 Å². The van der Waals surface area contributed by atoms with Crippen LogP contribution in [0.2, 0.25) is 0 Å². The zero-order chi connectivity index (χ0) is 12.3. The van der Waals surface area contributed by atoms with Gasteiger partial charge in [0.05, 0.1) is 0 Å². The molecule has 0 aliphatic rings. The third-order valence-electron chi connectivity index (χ3n) is 2.65. The van der Waals surface area contributed by atoms with Crippen molar-refractivity contribution in [1.29, 1.82) is 0 Å². The highest BCUT2D eigenvalue weighted by Gasteiger charge is 2.13. The van der Waals surface area contributed by atoms with Crippen molar-refractivity contribution in [2.75, 3.05) is 13.6 Å². The van der Waals surface area contributed by atoms with Crippen LogP contribution in [0.1, 0.15) is 5.82 Å². The number of nitrogens with zero attached hydrogens (tertiary/aromatic N) is 3. The molecule has 0 aliphatic carbocycles. The minimum Gasteiger partial charge on any atom is -0.325 e. The molecule has 0 aliphatic heterocycles. The molecule has 2 aromatic rings. The number of rotatable bonds is 4. The maximum Gasteiger partial charge on any atom is 0.112 e. The SMILES string of the molecule is CNCCc1nc(-c2cccnc2)c(Br)n1C. The summed E-state index contributed by atoms with van der Waals surface area (Å²) >= 11 is 3.58. The predicted octanol–water partition coefficient (Wildman–Crippen LogP) is 2.01. The molecule has 0 amide bonds. The topological polar surface area (TPSA) is 42.7 Å². The van der Waals surface area contributed by atoms with Crippen molar-refractivity contribution in [3.05, 3.63) is 35.0 Å². The summed E-state index contributed by atoms with van der Waals surface area (Å²) in [6.45, 7) is 0.920. The molecular formula is C12H15BrN4. The summed E-state index contributed by atoms with van der Waals surface area (Å²) in [6.07, 6.45) is 4.50. The lowest BCUT2D eigenvalue weighted by Gasteiger charge is -2.00. The smallest absolute Gasteiger partial charge is 0.112 e. The first-order chi connectivity index (χ1) is 8.24. The molecule has 5 heteroatoms. The number of halogens is 1. The van der Waals surface area contributed by atoms with Crippen molar-refractivity contribution in [1.82, 2.24) is 19.9 Å². The van der Waals surface area contributed by atoms with E-state index >= 15 is 0 Å². The second-order valence-electron chi connectivity index (χ2n) is 3.82. The van der Waals surface area contributed by atoms with Crippen LogP contribution in [0.25, 0.3) is 11.3 Å². The van der Waals surface area contributed by atoms with E-state index < -0.39 is 0 Å². The van der Waals surface area contributed by atoms with Gasteiger partial charge in [-0.05, 0) is 35.1 Å². The Morgan fingerprint density at radius 1 is 1.47 bits per heavy atom. The summed E-state index contributed by atoms with van der Waals surface area (Å²) in [7, 11) is 3.96. The standard InChI is InChI=1S/C12H15BrN4/c1-14-7-5-10-16-11(12(13)17(10)2)9-4-3-6-15-8-9/h3-4,6,8,14H,5,7H2,1-2H3. The lowest BCUT2D eigenvalue weighted by Crippen LogP contribution is -2.13. The zero-order valence-electron chi connectivity index (χ0n) is 9.94. The van der Waals surface area contributed by atoms with Crippen LogP contribution in [-0.4, -0.2) is 28.1 Å². The van der Waals surface area contributed by atoms with Gasteiger partial charge in [0, 0.05) is 38.0 Å². The molecule has 0 unspecified atom stereocenters. The van der Waals surface area contributed by atoms with Crippen molar-refractivity contribution in [3.8, 4) is 11.3 Å². The van der Waals surface area contributed by atoms with Gasteiger partial charge in [-0.3, -0.25) is 4.98 Å². The maximum atomic E-state index is 4.65. The average molecular weight is 295 g/mol. The second-order valence-corrected chi connectivity index (χ2v) is 4.57. The van der Waals surface area contributed by atoms with Crippen molar-refractivity contribution >= 4 is 15.9 Å². The molecular weight excluding hydrogens is 280 g/mol. The highest BCUT2D eigenvalue weighted by atomic mass is 79.9. The van der Waals surface area contributed by atoms with Crippen LogP contribution in [0.15, 0.2) is 29.1 Å².